The highest BCUT2D eigenvalue weighted by molar-refractivity contribution is 5.78. The van der Waals surface area contributed by atoms with Crippen LogP contribution in [0.4, 0.5) is 0 Å². The van der Waals surface area contributed by atoms with Crippen LogP contribution >= 0.6 is 0 Å². The Morgan fingerprint density at radius 3 is 2.79 bits per heavy atom. The molecule has 24 heavy (non-hydrogen) atoms. The van der Waals surface area contributed by atoms with Crippen molar-refractivity contribution in [3.05, 3.63) is 41.3 Å². The van der Waals surface area contributed by atoms with Crippen LogP contribution in [0.25, 0.3) is 0 Å². The Balaban J connectivity index is 1.63. The van der Waals surface area contributed by atoms with Gasteiger partial charge in [0.05, 0.1) is 18.2 Å². The van der Waals surface area contributed by atoms with Gasteiger partial charge in [-0.2, -0.15) is 0 Å². The molecule has 7 heteroatoms. The van der Waals surface area contributed by atoms with Crippen LogP contribution in [-0.2, 0) is 11.2 Å². The standard InChI is InChI=1S/C17H21N3O4/c1-11-6-13(19-24-11)8-17(21)18-9-14(20(2)3)12-4-5-15-16(7-12)23-10-22-15/h4-7,14H,8-10H2,1-3H3,(H,18,21). The van der Waals surface area contributed by atoms with E-state index >= 15 is 0 Å². The van der Waals surface area contributed by atoms with Gasteiger partial charge in [0.15, 0.2) is 11.5 Å². The van der Waals surface area contributed by atoms with Crippen molar-refractivity contribution in [2.24, 2.45) is 0 Å². The molecule has 0 saturated carbocycles. The topological polar surface area (TPSA) is 76.8 Å². The number of hydrogen-bond donors (Lipinski definition) is 1. The molecule has 1 amide bonds. The summed E-state index contributed by atoms with van der Waals surface area (Å²) in [7, 11) is 3.95. The van der Waals surface area contributed by atoms with Crippen molar-refractivity contribution in [2.75, 3.05) is 27.4 Å². The molecule has 1 aromatic carbocycles. The third-order valence-electron chi connectivity index (χ3n) is 3.92. The Bertz CT molecular complexity index is 726. The normalized spacial score (nSPS) is 14.0. The van der Waals surface area contributed by atoms with Crippen molar-refractivity contribution in [1.82, 2.24) is 15.4 Å². The lowest BCUT2D eigenvalue weighted by atomic mass is 10.0. The minimum atomic E-state index is -0.0871. The van der Waals surface area contributed by atoms with Crippen LogP contribution in [0.15, 0.2) is 28.8 Å². The van der Waals surface area contributed by atoms with Crippen molar-refractivity contribution < 1.29 is 18.8 Å². The van der Waals surface area contributed by atoms with E-state index in [1.165, 1.54) is 0 Å². The van der Waals surface area contributed by atoms with Gasteiger partial charge < -0.3 is 24.2 Å². The maximum absolute atomic E-state index is 12.1. The molecule has 0 saturated heterocycles. The molecule has 1 aromatic heterocycles. The highest BCUT2D eigenvalue weighted by Gasteiger charge is 2.20. The number of amides is 1. The fraction of sp³-hybridized carbons (Fsp3) is 0.412. The summed E-state index contributed by atoms with van der Waals surface area (Å²) >= 11 is 0. The predicted octanol–water partition coefficient (Wildman–Crippen LogP) is 1.67. The van der Waals surface area contributed by atoms with Gasteiger partial charge in [0, 0.05) is 12.6 Å². The van der Waals surface area contributed by atoms with E-state index in [1.807, 2.05) is 32.3 Å². The number of carbonyl (C=O) groups excluding carboxylic acids is 1. The summed E-state index contributed by atoms with van der Waals surface area (Å²) in [5.41, 5.74) is 1.69. The molecule has 2 aromatic rings. The van der Waals surface area contributed by atoms with E-state index in [1.54, 1.807) is 13.0 Å². The van der Waals surface area contributed by atoms with E-state index in [0.717, 1.165) is 17.1 Å². The average molecular weight is 331 g/mol. The Morgan fingerprint density at radius 2 is 2.08 bits per heavy atom. The molecule has 1 atom stereocenters. The third kappa shape index (κ3) is 3.68. The molecule has 0 radical (unpaired) electrons. The van der Waals surface area contributed by atoms with Crippen molar-refractivity contribution in [1.29, 1.82) is 0 Å². The van der Waals surface area contributed by atoms with E-state index in [0.29, 0.717) is 18.0 Å². The van der Waals surface area contributed by atoms with Gasteiger partial charge in [-0.3, -0.25) is 4.79 Å². The lowest BCUT2D eigenvalue weighted by molar-refractivity contribution is -0.120. The van der Waals surface area contributed by atoms with Gasteiger partial charge in [-0.25, -0.2) is 0 Å². The summed E-state index contributed by atoms with van der Waals surface area (Å²) < 4.78 is 15.7. The smallest absolute Gasteiger partial charge is 0.231 e. The molecule has 1 N–H and O–H groups in total. The van der Waals surface area contributed by atoms with Crippen molar-refractivity contribution in [3.8, 4) is 11.5 Å². The second kappa shape index (κ2) is 6.92. The summed E-state index contributed by atoms with van der Waals surface area (Å²) in [5.74, 6) is 2.10. The van der Waals surface area contributed by atoms with E-state index in [2.05, 4.69) is 15.4 Å². The molecule has 2 heterocycles. The number of rotatable bonds is 6. The molecule has 0 fully saturated rings. The molecule has 0 bridgehead atoms. The summed E-state index contributed by atoms with van der Waals surface area (Å²) in [4.78, 5) is 14.2. The molecule has 0 aliphatic carbocycles. The fourth-order valence-corrected chi connectivity index (χ4v) is 2.66. The monoisotopic (exact) mass is 331 g/mol. The number of aryl methyl sites for hydroxylation is 1. The summed E-state index contributed by atoms with van der Waals surface area (Å²) in [6, 6.07) is 7.64. The quantitative estimate of drug-likeness (QED) is 0.868. The molecule has 3 rings (SSSR count). The maximum atomic E-state index is 12.1. The maximum Gasteiger partial charge on any atom is 0.231 e. The molecule has 1 aliphatic heterocycles. The Morgan fingerprint density at radius 1 is 1.29 bits per heavy atom. The van der Waals surface area contributed by atoms with Crippen molar-refractivity contribution >= 4 is 5.91 Å². The highest BCUT2D eigenvalue weighted by atomic mass is 16.7. The summed E-state index contributed by atoms with van der Waals surface area (Å²) in [6.07, 6.45) is 0.207. The van der Waals surface area contributed by atoms with Gasteiger partial charge >= 0.3 is 0 Å². The fourth-order valence-electron chi connectivity index (χ4n) is 2.66. The van der Waals surface area contributed by atoms with Crippen LogP contribution in [0.2, 0.25) is 0 Å². The zero-order chi connectivity index (χ0) is 17.1. The first-order valence-electron chi connectivity index (χ1n) is 7.78. The predicted molar refractivity (Wildman–Crippen MR) is 86.9 cm³/mol. The number of carbonyl (C=O) groups is 1. The van der Waals surface area contributed by atoms with E-state index in [9.17, 15) is 4.79 Å². The number of nitrogens with one attached hydrogen (secondary N) is 1. The number of hydrogen-bond acceptors (Lipinski definition) is 6. The lowest BCUT2D eigenvalue weighted by Crippen LogP contribution is -2.35. The largest absolute Gasteiger partial charge is 0.454 e. The Kier molecular flexibility index (Phi) is 4.71. The number of likely N-dealkylation sites (N-methyl/N-ethyl adjacent to an activating group) is 1. The first kappa shape index (κ1) is 16.3. The average Bonchev–Trinajstić information content (AvgIpc) is 3.15. The van der Waals surface area contributed by atoms with Gasteiger partial charge in [-0.15, -0.1) is 0 Å². The molecular weight excluding hydrogens is 310 g/mol. The lowest BCUT2D eigenvalue weighted by Gasteiger charge is -2.25. The third-order valence-corrected chi connectivity index (χ3v) is 3.92. The molecule has 0 spiro atoms. The number of nitrogens with zero attached hydrogens (tertiary/aromatic N) is 2. The van der Waals surface area contributed by atoms with Gasteiger partial charge in [0.25, 0.3) is 0 Å². The molecule has 7 nitrogen and oxygen atoms in total. The van der Waals surface area contributed by atoms with Crippen molar-refractivity contribution in [3.63, 3.8) is 0 Å². The molecule has 128 valence electrons. The van der Waals surface area contributed by atoms with Crippen LogP contribution in [-0.4, -0.2) is 43.4 Å². The van der Waals surface area contributed by atoms with E-state index < -0.39 is 0 Å². The Hall–Kier alpha value is -2.54. The van der Waals surface area contributed by atoms with E-state index in [-0.39, 0.29) is 25.2 Å². The second-order valence-electron chi connectivity index (χ2n) is 6.00. The Labute approximate surface area is 140 Å². The van der Waals surface area contributed by atoms with Crippen LogP contribution in [0.1, 0.15) is 23.1 Å². The van der Waals surface area contributed by atoms with Gasteiger partial charge in [0.1, 0.15) is 5.76 Å². The van der Waals surface area contributed by atoms with E-state index in [4.69, 9.17) is 14.0 Å². The first-order chi connectivity index (χ1) is 11.5. The van der Waals surface area contributed by atoms with Crippen LogP contribution in [0, 0.1) is 6.92 Å². The molecule has 1 aliphatic rings. The molecular formula is C17H21N3O4. The number of benzene rings is 1. The zero-order valence-corrected chi connectivity index (χ0v) is 14.0. The highest BCUT2D eigenvalue weighted by Crippen LogP contribution is 2.34. The summed E-state index contributed by atoms with van der Waals surface area (Å²) in [6.45, 7) is 2.54. The number of ether oxygens (including phenoxy) is 2. The van der Waals surface area contributed by atoms with Crippen LogP contribution in [0.3, 0.4) is 0 Å². The minimum Gasteiger partial charge on any atom is -0.454 e. The van der Waals surface area contributed by atoms with Crippen LogP contribution < -0.4 is 14.8 Å². The first-order valence-corrected chi connectivity index (χ1v) is 7.78. The van der Waals surface area contributed by atoms with Crippen molar-refractivity contribution in [2.45, 2.75) is 19.4 Å². The van der Waals surface area contributed by atoms with Gasteiger partial charge in [-0.05, 0) is 38.7 Å². The number of fused-ring (bicyclic) bond motifs is 1. The SMILES string of the molecule is Cc1cc(CC(=O)NCC(c2ccc3c(c2)OCO3)N(C)C)no1. The van der Waals surface area contributed by atoms with Crippen LogP contribution in [0.5, 0.6) is 11.5 Å². The minimum absolute atomic E-state index is 0.0301. The molecule has 1 unspecified atom stereocenters. The number of aromatic nitrogens is 1. The summed E-state index contributed by atoms with van der Waals surface area (Å²) in [5, 5.41) is 6.79. The van der Waals surface area contributed by atoms with Gasteiger partial charge in [0.2, 0.25) is 12.7 Å². The van der Waals surface area contributed by atoms with Gasteiger partial charge in [-0.1, -0.05) is 11.2 Å². The second-order valence-corrected chi connectivity index (χ2v) is 6.00. The zero-order valence-electron chi connectivity index (χ0n) is 14.0.